The standard InChI is InChI=1S/C25H30N4O3S/c1-16-21-17(2)27-23(19-6-7-19)28-25(21)33-22(16)24(30)26-15-18-4-3-5-20(14-18)32-13-10-29-8-11-31-12-9-29/h3-5,14,19H,6-13,15H2,1-2H3,(H,26,30). The molecule has 0 atom stereocenters. The Labute approximate surface area is 198 Å². The Balaban J connectivity index is 1.20. The zero-order chi connectivity index (χ0) is 22.8. The van der Waals surface area contributed by atoms with Gasteiger partial charge in [-0.25, -0.2) is 9.97 Å². The summed E-state index contributed by atoms with van der Waals surface area (Å²) in [6.07, 6.45) is 2.33. The van der Waals surface area contributed by atoms with Crippen molar-refractivity contribution in [3.8, 4) is 5.75 Å². The zero-order valence-electron chi connectivity index (χ0n) is 19.2. The molecule has 1 N–H and O–H groups in total. The first kappa shape index (κ1) is 22.3. The number of carbonyl (C=O) groups excluding carboxylic acids is 1. The Morgan fingerprint density at radius 1 is 1.24 bits per heavy atom. The molecule has 8 heteroatoms. The van der Waals surface area contributed by atoms with Crippen LogP contribution >= 0.6 is 11.3 Å². The third kappa shape index (κ3) is 5.18. The number of morpholine rings is 1. The molecule has 0 bridgehead atoms. The van der Waals surface area contributed by atoms with Crippen molar-refractivity contribution in [1.29, 1.82) is 0 Å². The van der Waals surface area contributed by atoms with E-state index in [-0.39, 0.29) is 5.91 Å². The number of carbonyl (C=O) groups is 1. The molecule has 0 radical (unpaired) electrons. The average Bonchev–Trinajstić information content (AvgIpc) is 3.62. The van der Waals surface area contributed by atoms with Crippen LogP contribution in [0.15, 0.2) is 24.3 Å². The van der Waals surface area contributed by atoms with Gasteiger partial charge in [-0.2, -0.15) is 0 Å². The third-order valence-corrected chi connectivity index (χ3v) is 7.45. The lowest BCUT2D eigenvalue weighted by Crippen LogP contribution is -2.38. The number of ether oxygens (including phenoxy) is 2. The van der Waals surface area contributed by atoms with Crippen molar-refractivity contribution in [2.75, 3.05) is 39.5 Å². The number of benzene rings is 1. The fourth-order valence-electron chi connectivity index (χ4n) is 4.23. The Morgan fingerprint density at radius 3 is 2.85 bits per heavy atom. The number of hydrogen-bond acceptors (Lipinski definition) is 7. The van der Waals surface area contributed by atoms with Crippen molar-refractivity contribution in [2.45, 2.75) is 39.2 Å². The Bertz CT molecular complexity index is 1150. The molecule has 7 nitrogen and oxygen atoms in total. The molecule has 3 aromatic rings. The van der Waals surface area contributed by atoms with Gasteiger partial charge >= 0.3 is 0 Å². The summed E-state index contributed by atoms with van der Waals surface area (Å²) in [6.45, 7) is 9.49. The van der Waals surface area contributed by atoms with Crippen molar-refractivity contribution in [1.82, 2.24) is 20.2 Å². The highest BCUT2D eigenvalue weighted by atomic mass is 32.1. The van der Waals surface area contributed by atoms with Gasteiger partial charge in [0, 0.05) is 37.5 Å². The molecule has 1 aromatic carbocycles. The number of amides is 1. The Hall–Kier alpha value is -2.55. The van der Waals surface area contributed by atoms with E-state index in [4.69, 9.17) is 19.4 Å². The first-order chi connectivity index (χ1) is 16.1. The van der Waals surface area contributed by atoms with Gasteiger partial charge in [0.05, 0.1) is 23.8 Å². The smallest absolute Gasteiger partial charge is 0.261 e. The molecule has 174 valence electrons. The predicted octanol–water partition coefficient (Wildman–Crippen LogP) is 3.83. The van der Waals surface area contributed by atoms with Gasteiger partial charge in [-0.3, -0.25) is 9.69 Å². The van der Waals surface area contributed by atoms with Crippen LogP contribution in [0.5, 0.6) is 5.75 Å². The van der Waals surface area contributed by atoms with E-state index in [1.54, 1.807) is 0 Å². The van der Waals surface area contributed by atoms with Gasteiger partial charge in [0.15, 0.2) is 0 Å². The maximum Gasteiger partial charge on any atom is 0.261 e. The summed E-state index contributed by atoms with van der Waals surface area (Å²) in [5.41, 5.74) is 2.95. The van der Waals surface area contributed by atoms with E-state index in [1.165, 1.54) is 24.2 Å². The predicted molar refractivity (Wildman–Crippen MR) is 129 cm³/mol. The van der Waals surface area contributed by atoms with E-state index in [0.29, 0.717) is 23.9 Å². The molecule has 1 aliphatic carbocycles. The first-order valence-electron chi connectivity index (χ1n) is 11.7. The molecule has 2 aliphatic rings. The summed E-state index contributed by atoms with van der Waals surface area (Å²) < 4.78 is 11.3. The Morgan fingerprint density at radius 2 is 2.06 bits per heavy atom. The lowest BCUT2D eigenvalue weighted by molar-refractivity contribution is 0.0322. The van der Waals surface area contributed by atoms with Gasteiger partial charge in [0.1, 0.15) is 23.0 Å². The minimum absolute atomic E-state index is 0.0680. The molecule has 1 amide bonds. The van der Waals surface area contributed by atoms with Crippen molar-refractivity contribution >= 4 is 27.5 Å². The van der Waals surface area contributed by atoms with E-state index in [0.717, 1.165) is 71.5 Å². The molecule has 2 fully saturated rings. The van der Waals surface area contributed by atoms with E-state index in [1.807, 2.05) is 38.1 Å². The molecule has 1 aliphatic heterocycles. The second-order valence-electron chi connectivity index (χ2n) is 8.81. The van der Waals surface area contributed by atoms with Crippen molar-refractivity contribution in [2.24, 2.45) is 0 Å². The molecule has 0 unspecified atom stereocenters. The minimum Gasteiger partial charge on any atom is -0.492 e. The van der Waals surface area contributed by atoms with Gasteiger partial charge in [0.25, 0.3) is 5.91 Å². The summed E-state index contributed by atoms with van der Waals surface area (Å²) in [6, 6.07) is 7.92. The minimum atomic E-state index is -0.0680. The fourth-order valence-corrected chi connectivity index (χ4v) is 5.38. The monoisotopic (exact) mass is 466 g/mol. The number of nitrogens with zero attached hydrogens (tertiary/aromatic N) is 3. The molecule has 33 heavy (non-hydrogen) atoms. The summed E-state index contributed by atoms with van der Waals surface area (Å²) in [4.78, 5) is 26.4. The molecule has 3 heterocycles. The van der Waals surface area contributed by atoms with Gasteiger partial charge in [-0.05, 0) is 49.9 Å². The highest BCUT2D eigenvalue weighted by Gasteiger charge is 2.28. The first-order valence-corrected chi connectivity index (χ1v) is 12.5. The van der Waals surface area contributed by atoms with Crippen LogP contribution < -0.4 is 10.1 Å². The number of hydrogen-bond donors (Lipinski definition) is 1. The van der Waals surface area contributed by atoms with Crippen LogP contribution in [0.3, 0.4) is 0 Å². The SMILES string of the molecule is Cc1nc(C2CC2)nc2sc(C(=O)NCc3cccc(OCCN4CCOCC4)c3)c(C)c12. The number of aromatic nitrogens is 2. The maximum absolute atomic E-state index is 13.0. The highest BCUT2D eigenvalue weighted by Crippen LogP contribution is 2.40. The third-order valence-electron chi connectivity index (χ3n) is 6.27. The van der Waals surface area contributed by atoms with E-state index in [9.17, 15) is 4.79 Å². The second-order valence-corrected chi connectivity index (χ2v) is 9.81. The van der Waals surface area contributed by atoms with Crippen LogP contribution in [0.4, 0.5) is 0 Å². The van der Waals surface area contributed by atoms with Crippen LogP contribution in [-0.2, 0) is 11.3 Å². The average molecular weight is 467 g/mol. The number of rotatable bonds is 8. The zero-order valence-corrected chi connectivity index (χ0v) is 20.0. The van der Waals surface area contributed by atoms with Crippen LogP contribution in [0.2, 0.25) is 0 Å². The lowest BCUT2D eigenvalue weighted by Gasteiger charge is -2.26. The number of aryl methyl sites for hydroxylation is 2. The quantitative estimate of drug-likeness (QED) is 0.544. The van der Waals surface area contributed by atoms with Crippen LogP contribution in [0.1, 0.15) is 51.1 Å². The number of fused-ring (bicyclic) bond motifs is 1. The summed E-state index contributed by atoms with van der Waals surface area (Å²) >= 11 is 1.47. The van der Waals surface area contributed by atoms with E-state index >= 15 is 0 Å². The molecule has 2 aromatic heterocycles. The molecule has 5 rings (SSSR count). The lowest BCUT2D eigenvalue weighted by atomic mass is 10.1. The summed E-state index contributed by atoms with van der Waals surface area (Å²) in [7, 11) is 0. The molecular formula is C25H30N4O3S. The molecular weight excluding hydrogens is 436 g/mol. The van der Waals surface area contributed by atoms with Gasteiger partial charge in [-0.15, -0.1) is 11.3 Å². The highest BCUT2D eigenvalue weighted by molar-refractivity contribution is 7.20. The van der Waals surface area contributed by atoms with E-state index < -0.39 is 0 Å². The van der Waals surface area contributed by atoms with Gasteiger partial charge in [-0.1, -0.05) is 12.1 Å². The number of nitrogens with one attached hydrogen (secondary N) is 1. The van der Waals surface area contributed by atoms with Crippen molar-refractivity contribution in [3.63, 3.8) is 0 Å². The van der Waals surface area contributed by atoms with Gasteiger partial charge in [0.2, 0.25) is 0 Å². The summed E-state index contributed by atoms with van der Waals surface area (Å²) in [5, 5.41) is 4.09. The van der Waals surface area contributed by atoms with Gasteiger partial charge < -0.3 is 14.8 Å². The van der Waals surface area contributed by atoms with Crippen LogP contribution in [0, 0.1) is 13.8 Å². The van der Waals surface area contributed by atoms with E-state index in [2.05, 4.69) is 10.2 Å². The van der Waals surface area contributed by atoms with Crippen molar-refractivity contribution < 1.29 is 14.3 Å². The normalized spacial score (nSPS) is 16.8. The Kier molecular flexibility index (Phi) is 6.57. The topological polar surface area (TPSA) is 76.6 Å². The van der Waals surface area contributed by atoms with Crippen molar-refractivity contribution in [3.05, 3.63) is 51.8 Å². The van der Waals surface area contributed by atoms with Crippen LogP contribution in [-0.4, -0.2) is 60.2 Å². The molecule has 0 spiro atoms. The number of thiophene rings is 1. The summed E-state index contributed by atoms with van der Waals surface area (Å²) in [5.74, 6) is 2.18. The van der Waals surface area contributed by atoms with Crippen LogP contribution in [0.25, 0.3) is 10.2 Å². The second kappa shape index (κ2) is 9.75. The molecule has 1 saturated carbocycles. The largest absolute Gasteiger partial charge is 0.492 e. The molecule has 1 saturated heterocycles. The fraction of sp³-hybridized carbons (Fsp3) is 0.480. The maximum atomic E-state index is 13.0.